The van der Waals surface area contributed by atoms with Gasteiger partial charge in [-0.1, -0.05) is 60.1 Å². The van der Waals surface area contributed by atoms with Crippen LogP contribution in [0.25, 0.3) is 0 Å². The first-order valence-electron chi connectivity index (χ1n) is 14.3. The lowest BCUT2D eigenvalue weighted by molar-refractivity contribution is -0.219. The molecule has 0 amide bonds. The number of methoxy groups -OCH3 is 1. The quantitative estimate of drug-likeness (QED) is 0.337. The summed E-state index contributed by atoms with van der Waals surface area (Å²) in [6.07, 6.45) is 10.1. The van der Waals surface area contributed by atoms with E-state index in [0.29, 0.717) is 24.7 Å². The molecule has 4 saturated carbocycles. The Morgan fingerprint density at radius 1 is 0.886 bits per heavy atom. The zero-order chi connectivity index (χ0) is 25.8. The Balaban J connectivity index is 1.63. The van der Waals surface area contributed by atoms with E-state index in [1.807, 2.05) is 0 Å². The SMILES string of the molecule is COC(=O)[C@]12CCC(C)(C)C[C@@H]1C1=CC[C@@H]3[C@@]4(C)CC[C@H](O)C(C)(C)[C@@H]4CC[C@@]3(C)[C@]1(C)C[C@H]2O. The Bertz CT molecular complexity index is 934. The van der Waals surface area contributed by atoms with Gasteiger partial charge in [-0.25, -0.2) is 0 Å². The van der Waals surface area contributed by atoms with Crippen molar-refractivity contribution in [3.63, 3.8) is 0 Å². The lowest BCUT2D eigenvalue weighted by atomic mass is 9.33. The van der Waals surface area contributed by atoms with Crippen molar-refractivity contribution in [3.8, 4) is 0 Å². The van der Waals surface area contributed by atoms with Crippen LogP contribution < -0.4 is 0 Å². The molecule has 35 heavy (non-hydrogen) atoms. The molecule has 0 aromatic rings. The average molecular weight is 487 g/mol. The topological polar surface area (TPSA) is 66.8 Å². The van der Waals surface area contributed by atoms with Crippen LogP contribution in [0, 0.1) is 50.2 Å². The van der Waals surface area contributed by atoms with Crippen molar-refractivity contribution in [3.05, 3.63) is 11.6 Å². The zero-order valence-electron chi connectivity index (χ0n) is 23.5. The minimum Gasteiger partial charge on any atom is -0.468 e. The van der Waals surface area contributed by atoms with Crippen molar-refractivity contribution < 1.29 is 19.7 Å². The minimum atomic E-state index is -0.809. The van der Waals surface area contributed by atoms with Crippen LogP contribution in [0.2, 0.25) is 0 Å². The van der Waals surface area contributed by atoms with Crippen molar-refractivity contribution in [1.29, 1.82) is 0 Å². The van der Waals surface area contributed by atoms with E-state index in [1.54, 1.807) is 0 Å². The number of rotatable bonds is 1. The largest absolute Gasteiger partial charge is 0.468 e. The third kappa shape index (κ3) is 3.08. The Morgan fingerprint density at radius 3 is 2.23 bits per heavy atom. The molecule has 0 heterocycles. The van der Waals surface area contributed by atoms with Crippen LogP contribution in [0.15, 0.2) is 11.6 Å². The molecule has 0 radical (unpaired) electrons. The highest BCUT2D eigenvalue weighted by atomic mass is 16.5. The Morgan fingerprint density at radius 2 is 1.57 bits per heavy atom. The highest BCUT2D eigenvalue weighted by Gasteiger charge is 2.71. The van der Waals surface area contributed by atoms with Gasteiger partial charge in [-0.3, -0.25) is 4.79 Å². The maximum atomic E-state index is 13.4. The lowest BCUT2D eigenvalue weighted by Crippen LogP contribution is -2.67. The summed E-state index contributed by atoms with van der Waals surface area (Å²) in [5.41, 5.74) is 0.803. The van der Waals surface area contributed by atoms with Gasteiger partial charge in [0.25, 0.3) is 0 Å². The number of carbonyl (C=O) groups is 1. The van der Waals surface area contributed by atoms with Crippen molar-refractivity contribution >= 4 is 5.97 Å². The Hall–Kier alpha value is -0.870. The Kier molecular flexibility index (Phi) is 5.59. The number of esters is 1. The third-order valence-corrected chi connectivity index (χ3v) is 13.2. The fourth-order valence-corrected chi connectivity index (χ4v) is 10.9. The number of ether oxygens (including phenoxy) is 1. The normalized spacial score (nSPS) is 52.2. The van der Waals surface area contributed by atoms with E-state index in [4.69, 9.17) is 4.74 Å². The van der Waals surface area contributed by atoms with Crippen LogP contribution >= 0.6 is 0 Å². The summed E-state index contributed by atoms with van der Waals surface area (Å²) in [6.45, 7) is 16.7. The number of aliphatic hydroxyl groups is 2. The van der Waals surface area contributed by atoms with Crippen LogP contribution in [0.4, 0.5) is 0 Å². The van der Waals surface area contributed by atoms with E-state index in [0.717, 1.165) is 44.9 Å². The summed E-state index contributed by atoms with van der Waals surface area (Å²) in [5, 5.41) is 22.8. The molecule has 5 aliphatic carbocycles. The van der Waals surface area contributed by atoms with E-state index in [2.05, 4.69) is 54.5 Å². The van der Waals surface area contributed by atoms with Crippen molar-refractivity contribution in [1.82, 2.24) is 0 Å². The maximum absolute atomic E-state index is 13.4. The van der Waals surface area contributed by atoms with Gasteiger partial charge in [0.1, 0.15) is 5.41 Å². The summed E-state index contributed by atoms with van der Waals surface area (Å²) in [5.74, 6) is 0.857. The summed E-state index contributed by atoms with van der Waals surface area (Å²) >= 11 is 0. The van der Waals surface area contributed by atoms with Crippen LogP contribution in [-0.2, 0) is 9.53 Å². The molecule has 4 nitrogen and oxygen atoms in total. The van der Waals surface area contributed by atoms with Crippen molar-refractivity contribution in [2.45, 2.75) is 118 Å². The number of hydrogen-bond acceptors (Lipinski definition) is 4. The highest BCUT2D eigenvalue weighted by molar-refractivity contribution is 5.79. The van der Waals surface area contributed by atoms with Crippen molar-refractivity contribution in [2.24, 2.45) is 50.2 Å². The molecule has 5 aliphatic rings. The molecule has 0 aromatic heterocycles. The van der Waals surface area contributed by atoms with Crippen LogP contribution in [0.3, 0.4) is 0 Å². The second-order valence-corrected chi connectivity index (χ2v) is 15.3. The number of carbonyl (C=O) groups excluding carboxylic acids is 1. The van der Waals surface area contributed by atoms with Gasteiger partial charge in [0, 0.05) is 0 Å². The van der Waals surface area contributed by atoms with E-state index in [-0.39, 0.29) is 45.1 Å². The van der Waals surface area contributed by atoms with Crippen LogP contribution in [0.5, 0.6) is 0 Å². The molecule has 0 aromatic carbocycles. The molecule has 0 saturated heterocycles. The lowest BCUT2D eigenvalue weighted by Gasteiger charge is -2.71. The van der Waals surface area contributed by atoms with Crippen LogP contribution in [-0.4, -0.2) is 35.5 Å². The summed E-state index contributed by atoms with van der Waals surface area (Å²) < 4.78 is 5.40. The summed E-state index contributed by atoms with van der Waals surface area (Å²) in [4.78, 5) is 13.4. The van der Waals surface area contributed by atoms with Gasteiger partial charge in [-0.15, -0.1) is 0 Å². The molecular formula is C31H50O4. The number of fused-ring (bicyclic) bond motifs is 7. The first-order valence-corrected chi connectivity index (χ1v) is 14.3. The average Bonchev–Trinajstić information content (AvgIpc) is 2.76. The molecule has 0 bridgehead atoms. The number of hydrogen-bond donors (Lipinski definition) is 2. The first-order chi connectivity index (χ1) is 16.1. The van der Waals surface area contributed by atoms with Gasteiger partial charge in [0.2, 0.25) is 0 Å². The smallest absolute Gasteiger partial charge is 0.315 e. The van der Waals surface area contributed by atoms with E-state index in [9.17, 15) is 15.0 Å². The number of allylic oxidation sites excluding steroid dienone is 2. The molecule has 0 aliphatic heterocycles. The molecule has 4 heteroatoms. The summed E-state index contributed by atoms with van der Waals surface area (Å²) in [6, 6.07) is 0. The number of aliphatic hydroxyl groups excluding tert-OH is 2. The summed E-state index contributed by atoms with van der Waals surface area (Å²) in [7, 11) is 1.49. The first kappa shape index (κ1) is 25.8. The molecule has 198 valence electrons. The maximum Gasteiger partial charge on any atom is 0.315 e. The van der Waals surface area contributed by atoms with Gasteiger partial charge in [0.05, 0.1) is 19.3 Å². The third-order valence-electron chi connectivity index (χ3n) is 13.2. The monoisotopic (exact) mass is 486 g/mol. The minimum absolute atomic E-state index is 0.0420. The molecule has 0 unspecified atom stereocenters. The molecule has 9 atom stereocenters. The zero-order valence-corrected chi connectivity index (χ0v) is 23.5. The van der Waals surface area contributed by atoms with Gasteiger partial charge >= 0.3 is 5.97 Å². The molecule has 0 spiro atoms. The van der Waals surface area contributed by atoms with Crippen LogP contribution in [0.1, 0.15) is 106 Å². The molecular weight excluding hydrogens is 436 g/mol. The fraction of sp³-hybridized carbons (Fsp3) is 0.903. The van der Waals surface area contributed by atoms with E-state index < -0.39 is 11.5 Å². The van der Waals surface area contributed by atoms with E-state index in [1.165, 1.54) is 12.7 Å². The standard InChI is InChI=1S/C31H50O4/c1-26(2)15-16-31(25(34)35-8)20(17-26)19-9-10-22-28(5)13-12-23(32)27(3,4)21(28)11-14-29(22,6)30(19,7)18-24(31)33/h9,20-24,32-33H,10-18H2,1-8H3/t20-,21+,22-,23+,24-,28+,29-,30-,31-/m1/s1. The molecule has 2 N–H and O–H groups in total. The van der Waals surface area contributed by atoms with E-state index >= 15 is 0 Å². The fourth-order valence-electron chi connectivity index (χ4n) is 10.9. The molecule has 5 rings (SSSR count). The van der Waals surface area contributed by atoms with Gasteiger partial charge in [0.15, 0.2) is 0 Å². The Labute approximate surface area is 213 Å². The highest BCUT2D eigenvalue weighted by Crippen LogP contribution is 2.75. The predicted molar refractivity (Wildman–Crippen MR) is 138 cm³/mol. The van der Waals surface area contributed by atoms with Gasteiger partial charge in [-0.2, -0.15) is 0 Å². The predicted octanol–water partition coefficient (Wildman–Crippen LogP) is 6.29. The van der Waals surface area contributed by atoms with Gasteiger partial charge in [-0.05, 0) is 103 Å². The van der Waals surface area contributed by atoms with Crippen molar-refractivity contribution in [2.75, 3.05) is 7.11 Å². The molecule has 4 fully saturated rings. The second kappa shape index (κ2) is 7.59. The van der Waals surface area contributed by atoms with Gasteiger partial charge < -0.3 is 14.9 Å². The second-order valence-electron chi connectivity index (χ2n) is 15.3.